The minimum absolute atomic E-state index is 0.265. The molecule has 0 N–H and O–H groups in total. The first-order valence-corrected chi connectivity index (χ1v) is 9.34. The van der Waals surface area contributed by atoms with E-state index < -0.39 is 10.0 Å². The summed E-state index contributed by atoms with van der Waals surface area (Å²) in [5, 5.41) is 1.23. The Morgan fingerprint density at radius 2 is 1.88 bits per heavy atom. The average Bonchev–Trinajstić information content (AvgIpc) is 3.11. The number of methoxy groups -OCH3 is 1. The van der Waals surface area contributed by atoms with E-state index in [0.717, 1.165) is 5.56 Å². The molecule has 0 aliphatic carbocycles. The highest BCUT2D eigenvalue weighted by Gasteiger charge is 2.32. The van der Waals surface area contributed by atoms with Crippen LogP contribution in [0.4, 0.5) is 0 Å². The molecule has 8 heteroatoms. The van der Waals surface area contributed by atoms with Crippen molar-refractivity contribution < 1.29 is 17.9 Å². The summed E-state index contributed by atoms with van der Waals surface area (Å²) >= 11 is 0. The Balaban J connectivity index is 1.64. The number of aromatic nitrogens is 2. The van der Waals surface area contributed by atoms with Crippen LogP contribution in [0.15, 0.2) is 48.1 Å². The number of hydrogen-bond donors (Lipinski definition) is 0. The van der Waals surface area contributed by atoms with Crippen molar-refractivity contribution >= 4 is 16.1 Å². The van der Waals surface area contributed by atoms with Gasteiger partial charge in [0.2, 0.25) is 10.0 Å². The number of ether oxygens (including phenoxy) is 2. The van der Waals surface area contributed by atoms with Gasteiger partial charge in [-0.3, -0.25) is 0 Å². The smallest absolute Gasteiger partial charge is 0.278 e. The van der Waals surface area contributed by atoms with Gasteiger partial charge in [-0.25, -0.2) is 18.4 Å². The molecule has 0 saturated carbocycles. The molecular formula is C17H19N3O4S. The van der Waals surface area contributed by atoms with Gasteiger partial charge in [-0.2, -0.15) is 4.31 Å². The van der Waals surface area contributed by atoms with E-state index in [2.05, 4.69) is 9.97 Å². The van der Waals surface area contributed by atoms with Crippen LogP contribution in [-0.2, 0) is 10.0 Å². The van der Waals surface area contributed by atoms with Crippen molar-refractivity contribution in [3.05, 3.63) is 53.7 Å². The number of hydrogen-bond acceptors (Lipinski definition) is 6. The van der Waals surface area contributed by atoms with Crippen molar-refractivity contribution in [2.75, 3.05) is 20.2 Å². The average molecular weight is 361 g/mol. The molecule has 2 heterocycles. The molecule has 1 fully saturated rings. The van der Waals surface area contributed by atoms with Gasteiger partial charge >= 0.3 is 0 Å². The second-order valence-electron chi connectivity index (χ2n) is 5.52. The largest absolute Gasteiger partial charge is 0.477 e. The zero-order valence-corrected chi connectivity index (χ0v) is 14.6. The zero-order chi connectivity index (χ0) is 17.7. The highest BCUT2D eigenvalue weighted by atomic mass is 32.2. The lowest BCUT2D eigenvalue weighted by Crippen LogP contribution is -2.29. The molecule has 0 radical (unpaired) electrons. The summed E-state index contributed by atoms with van der Waals surface area (Å²) in [6.07, 6.45) is 4.90. The first-order chi connectivity index (χ1) is 12.1. The maximum Gasteiger partial charge on any atom is 0.278 e. The van der Waals surface area contributed by atoms with E-state index in [1.165, 1.54) is 29.2 Å². The fourth-order valence-electron chi connectivity index (χ4n) is 2.53. The molecule has 1 unspecified atom stereocenters. The van der Waals surface area contributed by atoms with E-state index in [1.807, 2.05) is 30.3 Å². The molecule has 1 saturated heterocycles. The summed E-state index contributed by atoms with van der Waals surface area (Å²) in [5.74, 6) is 0.557. The van der Waals surface area contributed by atoms with E-state index in [9.17, 15) is 8.42 Å². The lowest BCUT2D eigenvalue weighted by Gasteiger charge is -2.15. The molecule has 0 bridgehead atoms. The molecule has 1 aromatic heterocycles. The zero-order valence-electron chi connectivity index (χ0n) is 13.8. The van der Waals surface area contributed by atoms with Gasteiger partial charge in [0, 0.05) is 24.3 Å². The van der Waals surface area contributed by atoms with Gasteiger partial charge < -0.3 is 9.47 Å². The number of sulfonamides is 1. The number of rotatable bonds is 6. The Labute approximate surface area is 147 Å². The standard InChI is InChI=1S/C17H19N3O4S/c1-23-16-17(19-10-9-18-16)24-15-7-11-20(13-15)25(21,22)12-8-14-5-3-2-4-6-14/h2-6,8-10,12,15H,7,11,13H2,1H3/b12-8+. The predicted molar refractivity (Wildman–Crippen MR) is 93.6 cm³/mol. The number of nitrogens with zero attached hydrogens (tertiary/aromatic N) is 3. The van der Waals surface area contributed by atoms with Crippen LogP contribution in [0.2, 0.25) is 0 Å². The molecule has 0 spiro atoms. The minimum atomic E-state index is -3.49. The third kappa shape index (κ3) is 4.34. The summed E-state index contributed by atoms with van der Waals surface area (Å²) in [6, 6.07) is 9.31. The summed E-state index contributed by atoms with van der Waals surface area (Å²) < 4.78 is 37.2. The Morgan fingerprint density at radius 3 is 2.60 bits per heavy atom. The Kier molecular flexibility index (Phi) is 5.30. The molecule has 2 aromatic rings. The normalized spacial score (nSPS) is 18.5. The third-order valence-corrected chi connectivity index (χ3v) is 5.34. The summed E-state index contributed by atoms with van der Waals surface area (Å²) in [5.41, 5.74) is 0.836. The third-order valence-electron chi connectivity index (χ3n) is 3.80. The van der Waals surface area contributed by atoms with Crippen molar-refractivity contribution in [1.82, 2.24) is 14.3 Å². The van der Waals surface area contributed by atoms with E-state index in [4.69, 9.17) is 9.47 Å². The summed E-state index contributed by atoms with van der Waals surface area (Å²) in [7, 11) is -2.01. The first-order valence-electron chi connectivity index (χ1n) is 7.83. The maximum absolute atomic E-state index is 12.5. The Morgan fingerprint density at radius 1 is 1.16 bits per heavy atom. The highest BCUT2D eigenvalue weighted by molar-refractivity contribution is 7.92. The van der Waals surface area contributed by atoms with E-state index in [0.29, 0.717) is 13.0 Å². The quantitative estimate of drug-likeness (QED) is 0.782. The first kappa shape index (κ1) is 17.4. The lowest BCUT2D eigenvalue weighted by atomic mass is 10.2. The van der Waals surface area contributed by atoms with Crippen LogP contribution in [0.5, 0.6) is 11.8 Å². The van der Waals surface area contributed by atoms with Gasteiger partial charge in [0.15, 0.2) is 0 Å². The molecule has 1 aliphatic heterocycles. The molecular weight excluding hydrogens is 342 g/mol. The van der Waals surface area contributed by atoms with Gasteiger partial charge in [0.25, 0.3) is 11.8 Å². The summed E-state index contributed by atoms with van der Waals surface area (Å²) in [4.78, 5) is 8.10. The Bertz CT molecular complexity index is 840. The SMILES string of the molecule is COc1nccnc1OC1CCN(S(=O)(=O)/C=C/c2ccccc2)C1. The molecule has 7 nitrogen and oxygen atoms in total. The second kappa shape index (κ2) is 7.62. The predicted octanol–water partition coefficient (Wildman–Crippen LogP) is 1.94. The summed E-state index contributed by atoms with van der Waals surface area (Å²) in [6.45, 7) is 0.663. The molecule has 1 atom stereocenters. The van der Waals surface area contributed by atoms with Crippen LogP contribution in [-0.4, -0.2) is 49.0 Å². The van der Waals surface area contributed by atoms with Crippen molar-refractivity contribution in [1.29, 1.82) is 0 Å². The van der Waals surface area contributed by atoms with Crippen LogP contribution in [0.25, 0.3) is 6.08 Å². The van der Waals surface area contributed by atoms with Gasteiger partial charge in [-0.05, 0) is 18.1 Å². The van der Waals surface area contributed by atoms with Gasteiger partial charge in [-0.1, -0.05) is 30.3 Å². The van der Waals surface area contributed by atoms with Crippen LogP contribution in [0.3, 0.4) is 0 Å². The van der Waals surface area contributed by atoms with E-state index >= 15 is 0 Å². The molecule has 1 aromatic carbocycles. The van der Waals surface area contributed by atoms with Gasteiger partial charge in [0.05, 0.1) is 13.7 Å². The van der Waals surface area contributed by atoms with Crippen LogP contribution in [0.1, 0.15) is 12.0 Å². The van der Waals surface area contributed by atoms with Gasteiger partial charge in [0.1, 0.15) is 6.10 Å². The molecule has 0 amide bonds. The van der Waals surface area contributed by atoms with E-state index in [-0.39, 0.29) is 24.4 Å². The van der Waals surface area contributed by atoms with Crippen LogP contribution < -0.4 is 9.47 Å². The minimum Gasteiger partial charge on any atom is -0.477 e. The lowest BCUT2D eigenvalue weighted by molar-refractivity contribution is 0.194. The fourth-order valence-corrected chi connectivity index (χ4v) is 3.77. The number of benzene rings is 1. The highest BCUT2D eigenvalue weighted by Crippen LogP contribution is 2.25. The van der Waals surface area contributed by atoms with Crippen molar-refractivity contribution in [2.24, 2.45) is 0 Å². The monoisotopic (exact) mass is 361 g/mol. The topological polar surface area (TPSA) is 81.6 Å². The van der Waals surface area contributed by atoms with E-state index in [1.54, 1.807) is 6.08 Å². The second-order valence-corrected chi connectivity index (χ2v) is 7.33. The van der Waals surface area contributed by atoms with Crippen molar-refractivity contribution in [3.63, 3.8) is 0 Å². The van der Waals surface area contributed by atoms with Crippen LogP contribution in [0, 0.1) is 0 Å². The molecule has 25 heavy (non-hydrogen) atoms. The molecule has 1 aliphatic rings. The fraction of sp³-hybridized carbons (Fsp3) is 0.294. The van der Waals surface area contributed by atoms with Gasteiger partial charge in [-0.15, -0.1) is 0 Å². The maximum atomic E-state index is 12.5. The molecule has 3 rings (SSSR count). The van der Waals surface area contributed by atoms with Crippen molar-refractivity contribution in [2.45, 2.75) is 12.5 Å². The molecule has 132 valence electrons. The van der Waals surface area contributed by atoms with Crippen LogP contribution >= 0.6 is 0 Å². The van der Waals surface area contributed by atoms with Crippen molar-refractivity contribution in [3.8, 4) is 11.8 Å². The Hall–Kier alpha value is -2.45.